The Labute approximate surface area is 85.5 Å². The van der Waals surface area contributed by atoms with Gasteiger partial charge in [-0.3, -0.25) is 0 Å². The molecule has 1 saturated carbocycles. The molecule has 14 heavy (non-hydrogen) atoms. The van der Waals surface area contributed by atoms with Gasteiger partial charge in [0.25, 0.3) is 0 Å². The summed E-state index contributed by atoms with van der Waals surface area (Å²) in [4.78, 5) is 4.03. The molecule has 0 amide bonds. The Hall–Kier alpha value is -0.830. The molecule has 1 aromatic rings. The van der Waals surface area contributed by atoms with E-state index in [4.69, 9.17) is 0 Å². The number of rotatable bonds is 6. The lowest BCUT2D eigenvalue weighted by Crippen LogP contribution is -2.31. The van der Waals surface area contributed by atoms with Gasteiger partial charge in [0.2, 0.25) is 0 Å². The monoisotopic (exact) mass is 193 g/mol. The second-order valence-electron chi connectivity index (χ2n) is 4.35. The fraction of sp³-hybridized carbons (Fsp3) is 0.727. The summed E-state index contributed by atoms with van der Waals surface area (Å²) in [7, 11) is 0. The van der Waals surface area contributed by atoms with Crippen LogP contribution in [0.3, 0.4) is 0 Å². The largest absolute Gasteiger partial charge is 0.336 e. The number of nitrogens with one attached hydrogen (secondary N) is 1. The van der Waals surface area contributed by atoms with Crippen molar-refractivity contribution in [2.45, 2.75) is 38.8 Å². The van der Waals surface area contributed by atoms with Crippen LogP contribution in [-0.4, -0.2) is 22.1 Å². The van der Waals surface area contributed by atoms with Crippen molar-refractivity contribution in [3.05, 3.63) is 18.7 Å². The Balaban J connectivity index is 1.60. The molecule has 0 saturated heterocycles. The Bertz CT molecular complexity index is 252. The van der Waals surface area contributed by atoms with E-state index in [0.717, 1.165) is 12.5 Å². The third kappa shape index (κ3) is 3.14. The van der Waals surface area contributed by atoms with Gasteiger partial charge in [-0.2, -0.15) is 0 Å². The van der Waals surface area contributed by atoms with Crippen LogP contribution < -0.4 is 5.32 Å². The van der Waals surface area contributed by atoms with Gasteiger partial charge >= 0.3 is 0 Å². The molecular formula is C11H19N3. The first kappa shape index (κ1) is 9.71. The lowest BCUT2D eigenvalue weighted by atomic mass is 10.2. The van der Waals surface area contributed by atoms with Crippen LogP contribution in [0.5, 0.6) is 0 Å². The highest BCUT2D eigenvalue weighted by molar-refractivity contribution is 4.78. The van der Waals surface area contributed by atoms with Crippen LogP contribution in [0.4, 0.5) is 0 Å². The lowest BCUT2D eigenvalue weighted by molar-refractivity contribution is 0.464. The molecular weight excluding hydrogens is 174 g/mol. The van der Waals surface area contributed by atoms with E-state index < -0.39 is 0 Å². The van der Waals surface area contributed by atoms with Gasteiger partial charge in [-0.15, -0.1) is 0 Å². The molecule has 1 aliphatic carbocycles. The second kappa shape index (κ2) is 4.60. The Morgan fingerprint density at radius 3 is 3.07 bits per heavy atom. The molecule has 2 rings (SSSR count). The second-order valence-corrected chi connectivity index (χ2v) is 4.35. The first-order chi connectivity index (χ1) is 6.84. The van der Waals surface area contributed by atoms with E-state index in [1.54, 1.807) is 0 Å². The summed E-state index contributed by atoms with van der Waals surface area (Å²) in [5, 5.41) is 3.54. The summed E-state index contributed by atoms with van der Waals surface area (Å²) < 4.78 is 2.12. The van der Waals surface area contributed by atoms with Crippen molar-refractivity contribution >= 4 is 0 Å². The average Bonchev–Trinajstić information content (AvgIpc) is 2.83. The summed E-state index contributed by atoms with van der Waals surface area (Å²) >= 11 is 0. The number of hydrogen-bond donors (Lipinski definition) is 1. The van der Waals surface area contributed by atoms with E-state index in [0.29, 0.717) is 6.04 Å². The number of hydrogen-bond acceptors (Lipinski definition) is 2. The van der Waals surface area contributed by atoms with E-state index in [-0.39, 0.29) is 0 Å². The molecule has 1 atom stereocenters. The van der Waals surface area contributed by atoms with Gasteiger partial charge in [0.05, 0.1) is 6.33 Å². The summed E-state index contributed by atoms with van der Waals surface area (Å²) in [6, 6.07) is 0.544. The molecule has 1 unspecified atom stereocenters. The molecule has 1 fully saturated rings. The van der Waals surface area contributed by atoms with Crippen LogP contribution in [-0.2, 0) is 6.54 Å². The van der Waals surface area contributed by atoms with Crippen LogP contribution in [0, 0.1) is 5.92 Å². The van der Waals surface area contributed by atoms with Gasteiger partial charge in [0.15, 0.2) is 0 Å². The summed E-state index contributed by atoms with van der Waals surface area (Å²) in [6.45, 7) is 4.41. The third-order valence-corrected chi connectivity index (χ3v) is 2.79. The van der Waals surface area contributed by atoms with Gasteiger partial charge in [0, 0.05) is 25.0 Å². The van der Waals surface area contributed by atoms with Crippen LogP contribution in [0.1, 0.15) is 26.2 Å². The zero-order valence-electron chi connectivity index (χ0n) is 8.82. The topological polar surface area (TPSA) is 29.9 Å². The highest BCUT2D eigenvalue weighted by atomic mass is 15.1. The average molecular weight is 193 g/mol. The quantitative estimate of drug-likeness (QED) is 0.744. The van der Waals surface area contributed by atoms with Gasteiger partial charge in [0.1, 0.15) is 0 Å². The van der Waals surface area contributed by atoms with Crippen LogP contribution in [0.25, 0.3) is 0 Å². The first-order valence-corrected chi connectivity index (χ1v) is 5.53. The fourth-order valence-electron chi connectivity index (χ4n) is 1.72. The van der Waals surface area contributed by atoms with Crippen molar-refractivity contribution in [1.82, 2.24) is 14.9 Å². The Kier molecular flexibility index (Phi) is 3.19. The zero-order chi connectivity index (χ0) is 9.80. The maximum absolute atomic E-state index is 4.03. The molecule has 0 aliphatic heterocycles. The van der Waals surface area contributed by atoms with Crippen molar-refractivity contribution in [1.29, 1.82) is 0 Å². The van der Waals surface area contributed by atoms with Crippen LogP contribution in [0.2, 0.25) is 0 Å². The molecule has 0 spiro atoms. The highest BCUT2D eigenvalue weighted by Gasteiger charge is 2.20. The van der Waals surface area contributed by atoms with Crippen LogP contribution in [0.15, 0.2) is 18.7 Å². The number of nitrogens with zero attached hydrogens (tertiary/aromatic N) is 2. The van der Waals surface area contributed by atoms with Crippen molar-refractivity contribution in [2.24, 2.45) is 5.92 Å². The predicted octanol–water partition coefficient (Wildman–Crippen LogP) is 1.66. The van der Waals surface area contributed by atoms with Crippen molar-refractivity contribution < 1.29 is 0 Å². The molecule has 1 aliphatic rings. The molecule has 1 N–H and O–H groups in total. The molecule has 3 nitrogen and oxygen atoms in total. The molecule has 3 heteroatoms. The predicted molar refractivity (Wildman–Crippen MR) is 57.0 cm³/mol. The summed E-state index contributed by atoms with van der Waals surface area (Å²) in [5.41, 5.74) is 0. The minimum atomic E-state index is 0.544. The van der Waals surface area contributed by atoms with Crippen molar-refractivity contribution in [3.63, 3.8) is 0 Å². The molecule has 78 valence electrons. The van der Waals surface area contributed by atoms with E-state index in [2.05, 4.69) is 21.8 Å². The molecule has 0 radical (unpaired) electrons. The molecule has 0 aromatic carbocycles. The van der Waals surface area contributed by atoms with Gasteiger partial charge < -0.3 is 9.88 Å². The maximum Gasteiger partial charge on any atom is 0.0946 e. The van der Waals surface area contributed by atoms with E-state index >= 15 is 0 Å². The Morgan fingerprint density at radius 1 is 1.57 bits per heavy atom. The van der Waals surface area contributed by atoms with Crippen molar-refractivity contribution in [3.8, 4) is 0 Å². The van der Waals surface area contributed by atoms with Crippen molar-refractivity contribution in [2.75, 3.05) is 6.54 Å². The number of aromatic nitrogens is 2. The van der Waals surface area contributed by atoms with Gasteiger partial charge in [-0.1, -0.05) is 12.8 Å². The SMILES string of the molecule is CC(Cn1ccnc1)NCCC1CC1. The minimum absolute atomic E-state index is 0.544. The first-order valence-electron chi connectivity index (χ1n) is 5.53. The van der Waals surface area contributed by atoms with E-state index in [1.807, 2.05) is 18.7 Å². The summed E-state index contributed by atoms with van der Waals surface area (Å²) in [5.74, 6) is 1.03. The van der Waals surface area contributed by atoms with Gasteiger partial charge in [-0.25, -0.2) is 4.98 Å². The van der Waals surface area contributed by atoms with Gasteiger partial charge in [-0.05, 0) is 25.8 Å². The maximum atomic E-state index is 4.03. The molecule has 0 bridgehead atoms. The third-order valence-electron chi connectivity index (χ3n) is 2.79. The van der Waals surface area contributed by atoms with E-state index in [9.17, 15) is 0 Å². The van der Waals surface area contributed by atoms with Crippen LogP contribution >= 0.6 is 0 Å². The Morgan fingerprint density at radius 2 is 2.43 bits per heavy atom. The van der Waals surface area contributed by atoms with E-state index in [1.165, 1.54) is 25.8 Å². The smallest absolute Gasteiger partial charge is 0.0946 e. The fourth-order valence-corrected chi connectivity index (χ4v) is 1.72. The highest BCUT2D eigenvalue weighted by Crippen LogP contribution is 2.31. The molecule has 1 heterocycles. The lowest BCUT2D eigenvalue weighted by Gasteiger charge is -2.13. The molecule has 1 aromatic heterocycles. The summed E-state index contributed by atoms with van der Waals surface area (Å²) in [6.07, 6.45) is 9.98. The number of imidazole rings is 1. The standard InChI is InChI=1S/C11H19N3/c1-10(8-14-7-6-12-9-14)13-5-4-11-2-3-11/h6-7,9-11,13H,2-5,8H2,1H3. The minimum Gasteiger partial charge on any atom is -0.336 e. The zero-order valence-corrected chi connectivity index (χ0v) is 8.82. The normalized spacial score (nSPS) is 18.4.